The van der Waals surface area contributed by atoms with Crippen molar-refractivity contribution in [1.82, 2.24) is 4.98 Å². The number of hydrogen-bond acceptors (Lipinski definition) is 4. The number of nitrogens with zero attached hydrogens (tertiary/aromatic N) is 1. The summed E-state index contributed by atoms with van der Waals surface area (Å²) in [5, 5.41) is 1.43. The molecule has 0 atom stereocenters. The Morgan fingerprint density at radius 3 is 2.78 bits per heavy atom. The van der Waals surface area contributed by atoms with Crippen LogP contribution in [0.3, 0.4) is 0 Å². The molecule has 0 N–H and O–H groups in total. The van der Waals surface area contributed by atoms with E-state index in [4.69, 9.17) is 16.3 Å². The molecule has 0 unspecified atom stereocenters. The summed E-state index contributed by atoms with van der Waals surface area (Å²) in [6, 6.07) is 5.29. The molecule has 5 heteroatoms. The van der Waals surface area contributed by atoms with Crippen molar-refractivity contribution in [3.05, 3.63) is 33.1 Å². The van der Waals surface area contributed by atoms with Crippen molar-refractivity contribution >= 4 is 28.7 Å². The molecule has 1 heterocycles. The number of Topliss-reactive ketones (excluding diaryl/α,β-unsaturated/α-hetero) is 1. The van der Waals surface area contributed by atoms with E-state index in [0.717, 1.165) is 10.6 Å². The summed E-state index contributed by atoms with van der Waals surface area (Å²) in [5.74, 6) is 0.657. The molecule has 0 radical (unpaired) electrons. The van der Waals surface area contributed by atoms with Crippen molar-refractivity contribution in [3.63, 3.8) is 0 Å². The normalized spacial score (nSPS) is 10.4. The standard InChI is InChI=1S/C13H12ClNO2S/c1-7(16)13-12(15-8(2)18-13)10-6-9(14)4-5-11(10)17-3/h4-6H,1-3H3. The monoisotopic (exact) mass is 281 g/mol. The number of halogens is 1. The number of benzene rings is 1. The lowest BCUT2D eigenvalue weighted by molar-refractivity contribution is 0.102. The summed E-state index contributed by atoms with van der Waals surface area (Å²) in [4.78, 5) is 16.7. The van der Waals surface area contributed by atoms with Crippen LogP contribution in [-0.2, 0) is 0 Å². The van der Waals surface area contributed by atoms with Gasteiger partial charge in [0.15, 0.2) is 5.78 Å². The molecule has 2 aromatic rings. The van der Waals surface area contributed by atoms with Crippen LogP contribution in [0, 0.1) is 6.92 Å². The Morgan fingerprint density at radius 1 is 1.44 bits per heavy atom. The number of methoxy groups -OCH3 is 1. The predicted octanol–water partition coefficient (Wildman–Crippen LogP) is 3.98. The third kappa shape index (κ3) is 2.40. The Balaban J connectivity index is 2.68. The van der Waals surface area contributed by atoms with Gasteiger partial charge in [-0.2, -0.15) is 0 Å². The smallest absolute Gasteiger partial charge is 0.172 e. The maximum absolute atomic E-state index is 11.6. The second-order valence-electron chi connectivity index (χ2n) is 3.81. The number of thiazole rings is 1. The molecule has 0 bridgehead atoms. The van der Waals surface area contributed by atoms with Crippen LogP contribution in [0.2, 0.25) is 5.02 Å². The van der Waals surface area contributed by atoms with Crippen molar-refractivity contribution in [2.45, 2.75) is 13.8 Å². The van der Waals surface area contributed by atoms with Crippen LogP contribution in [0.4, 0.5) is 0 Å². The number of hydrogen-bond donors (Lipinski definition) is 0. The van der Waals surface area contributed by atoms with Crippen molar-refractivity contribution in [1.29, 1.82) is 0 Å². The van der Waals surface area contributed by atoms with Gasteiger partial charge in [0, 0.05) is 17.5 Å². The number of carbonyl (C=O) groups is 1. The maximum atomic E-state index is 11.6. The lowest BCUT2D eigenvalue weighted by Crippen LogP contribution is -1.94. The van der Waals surface area contributed by atoms with Gasteiger partial charge in [0.1, 0.15) is 5.75 Å². The average molecular weight is 282 g/mol. The van der Waals surface area contributed by atoms with E-state index in [2.05, 4.69) is 4.98 Å². The van der Waals surface area contributed by atoms with Crippen LogP contribution < -0.4 is 4.74 Å². The van der Waals surface area contributed by atoms with Crippen LogP contribution in [-0.4, -0.2) is 17.9 Å². The number of carbonyl (C=O) groups excluding carboxylic acids is 1. The first kappa shape index (κ1) is 13.1. The Morgan fingerprint density at radius 2 is 2.17 bits per heavy atom. The van der Waals surface area contributed by atoms with Gasteiger partial charge in [0.05, 0.1) is 22.7 Å². The van der Waals surface area contributed by atoms with Crippen molar-refractivity contribution in [2.24, 2.45) is 0 Å². The van der Waals surface area contributed by atoms with E-state index in [-0.39, 0.29) is 5.78 Å². The molecule has 0 aliphatic carbocycles. The van der Waals surface area contributed by atoms with Gasteiger partial charge in [-0.05, 0) is 25.1 Å². The minimum absolute atomic E-state index is 0.00220. The molecular weight excluding hydrogens is 270 g/mol. The molecule has 0 aliphatic heterocycles. The van der Waals surface area contributed by atoms with Crippen LogP contribution in [0.1, 0.15) is 21.6 Å². The van der Waals surface area contributed by atoms with E-state index >= 15 is 0 Å². The largest absolute Gasteiger partial charge is 0.496 e. The second kappa shape index (κ2) is 5.08. The van der Waals surface area contributed by atoms with Crippen LogP contribution in [0.15, 0.2) is 18.2 Å². The van der Waals surface area contributed by atoms with Crippen molar-refractivity contribution in [3.8, 4) is 17.0 Å². The summed E-state index contributed by atoms with van der Waals surface area (Å²) >= 11 is 7.38. The fourth-order valence-corrected chi connectivity index (χ4v) is 2.71. The van der Waals surface area contributed by atoms with E-state index in [1.165, 1.54) is 18.3 Å². The molecule has 2 rings (SSSR count). The molecular formula is C13H12ClNO2S. The van der Waals surface area contributed by atoms with Crippen LogP contribution in [0.25, 0.3) is 11.3 Å². The van der Waals surface area contributed by atoms with Gasteiger partial charge in [-0.25, -0.2) is 4.98 Å². The molecule has 0 saturated heterocycles. The molecule has 1 aromatic carbocycles. The van der Waals surface area contributed by atoms with Crippen molar-refractivity contribution < 1.29 is 9.53 Å². The van der Waals surface area contributed by atoms with Gasteiger partial charge < -0.3 is 4.74 Å². The third-order valence-electron chi connectivity index (χ3n) is 2.47. The van der Waals surface area contributed by atoms with Crippen LogP contribution in [0.5, 0.6) is 5.75 Å². The topological polar surface area (TPSA) is 39.2 Å². The molecule has 0 fully saturated rings. The molecule has 94 valence electrons. The molecule has 0 aliphatic rings. The number of aromatic nitrogens is 1. The Labute approximate surface area is 114 Å². The number of ketones is 1. The average Bonchev–Trinajstić information content (AvgIpc) is 2.71. The number of aryl methyl sites for hydroxylation is 1. The van der Waals surface area contributed by atoms with Gasteiger partial charge in [-0.1, -0.05) is 11.6 Å². The second-order valence-corrected chi connectivity index (χ2v) is 5.45. The zero-order chi connectivity index (χ0) is 13.3. The number of rotatable bonds is 3. The van der Waals surface area contributed by atoms with Gasteiger partial charge in [-0.15, -0.1) is 11.3 Å². The minimum Gasteiger partial charge on any atom is -0.496 e. The summed E-state index contributed by atoms with van der Waals surface area (Å²) < 4.78 is 5.29. The molecule has 3 nitrogen and oxygen atoms in total. The number of ether oxygens (including phenoxy) is 1. The first-order valence-corrected chi connectivity index (χ1v) is 6.54. The predicted molar refractivity (Wildman–Crippen MR) is 73.9 cm³/mol. The highest BCUT2D eigenvalue weighted by molar-refractivity contribution is 7.14. The summed E-state index contributed by atoms with van der Waals surface area (Å²) in [6.07, 6.45) is 0. The summed E-state index contributed by atoms with van der Waals surface area (Å²) in [5.41, 5.74) is 1.39. The first-order chi connectivity index (χ1) is 8.52. The third-order valence-corrected chi connectivity index (χ3v) is 3.78. The minimum atomic E-state index is -0.00220. The fraction of sp³-hybridized carbons (Fsp3) is 0.231. The van der Waals surface area contributed by atoms with E-state index in [0.29, 0.717) is 21.3 Å². The van der Waals surface area contributed by atoms with E-state index in [1.807, 2.05) is 6.92 Å². The van der Waals surface area contributed by atoms with E-state index < -0.39 is 0 Å². The van der Waals surface area contributed by atoms with E-state index in [1.54, 1.807) is 25.3 Å². The lowest BCUT2D eigenvalue weighted by Gasteiger charge is -2.07. The molecule has 0 saturated carbocycles. The lowest BCUT2D eigenvalue weighted by atomic mass is 10.1. The van der Waals surface area contributed by atoms with Gasteiger partial charge in [-0.3, -0.25) is 4.79 Å². The highest BCUT2D eigenvalue weighted by Gasteiger charge is 2.18. The molecule has 1 aromatic heterocycles. The van der Waals surface area contributed by atoms with Crippen molar-refractivity contribution in [2.75, 3.05) is 7.11 Å². The Bertz CT molecular complexity index is 607. The Hall–Kier alpha value is -1.39. The SMILES string of the molecule is COc1ccc(Cl)cc1-c1nc(C)sc1C(C)=O. The zero-order valence-electron chi connectivity index (χ0n) is 10.3. The highest BCUT2D eigenvalue weighted by atomic mass is 35.5. The van der Waals surface area contributed by atoms with E-state index in [9.17, 15) is 4.79 Å². The van der Waals surface area contributed by atoms with Gasteiger partial charge in [0.25, 0.3) is 0 Å². The Kier molecular flexibility index (Phi) is 3.68. The fourth-order valence-electron chi connectivity index (χ4n) is 1.71. The zero-order valence-corrected chi connectivity index (χ0v) is 11.9. The van der Waals surface area contributed by atoms with Gasteiger partial charge in [0.2, 0.25) is 0 Å². The maximum Gasteiger partial charge on any atom is 0.172 e. The summed E-state index contributed by atoms with van der Waals surface area (Å²) in [6.45, 7) is 3.41. The molecule has 18 heavy (non-hydrogen) atoms. The summed E-state index contributed by atoms with van der Waals surface area (Å²) in [7, 11) is 1.58. The molecule has 0 spiro atoms. The molecule has 0 amide bonds. The highest BCUT2D eigenvalue weighted by Crippen LogP contribution is 2.36. The quantitative estimate of drug-likeness (QED) is 0.799. The van der Waals surface area contributed by atoms with Crippen LogP contribution >= 0.6 is 22.9 Å². The van der Waals surface area contributed by atoms with Gasteiger partial charge >= 0.3 is 0 Å². The first-order valence-electron chi connectivity index (χ1n) is 5.35.